The summed E-state index contributed by atoms with van der Waals surface area (Å²) in [5.41, 5.74) is 0. The maximum atomic E-state index is 10.6. The van der Waals surface area contributed by atoms with Crippen molar-refractivity contribution in [2.45, 2.75) is 39.2 Å². The minimum atomic E-state index is -4.42. The standard InChI is InChI=1S/C10H23O6P/c1-3-5-7-15-10(6-8-14-4-2)9-16-17(11,12)13/h10H,3-9H2,1-2H3,(H2,11,12,13). The van der Waals surface area contributed by atoms with Gasteiger partial charge in [0, 0.05) is 19.8 Å². The van der Waals surface area contributed by atoms with E-state index in [0.717, 1.165) is 12.8 Å². The molecule has 17 heavy (non-hydrogen) atoms. The molecule has 2 N–H and O–H groups in total. The van der Waals surface area contributed by atoms with Gasteiger partial charge >= 0.3 is 7.82 Å². The molecule has 0 saturated heterocycles. The van der Waals surface area contributed by atoms with Crippen molar-refractivity contribution >= 4 is 7.82 Å². The smallest absolute Gasteiger partial charge is 0.382 e. The van der Waals surface area contributed by atoms with Crippen molar-refractivity contribution in [3.8, 4) is 0 Å². The van der Waals surface area contributed by atoms with Crippen LogP contribution < -0.4 is 0 Å². The molecule has 104 valence electrons. The number of hydrogen-bond acceptors (Lipinski definition) is 4. The molecule has 1 atom stereocenters. The summed E-state index contributed by atoms with van der Waals surface area (Å²) in [6.07, 6.45) is 2.16. The van der Waals surface area contributed by atoms with Crippen LogP contribution >= 0.6 is 7.82 Å². The molecule has 0 aliphatic carbocycles. The topological polar surface area (TPSA) is 85.2 Å². The Bertz CT molecular complexity index is 207. The van der Waals surface area contributed by atoms with Gasteiger partial charge in [0.1, 0.15) is 0 Å². The van der Waals surface area contributed by atoms with Crippen molar-refractivity contribution in [3.63, 3.8) is 0 Å². The van der Waals surface area contributed by atoms with Crippen LogP contribution in [0.2, 0.25) is 0 Å². The second-order valence-corrected chi connectivity index (χ2v) is 4.86. The Balaban J connectivity index is 3.87. The van der Waals surface area contributed by atoms with Crippen LogP contribution in [0.1, 0.15) is 33.1 Å². The molecule has 6 nitrogen and oxygen atoms in total. The first kappa shape index (κ1) is 17.0. The molecule has 7 heteroatoms. The number of hydrogen-bond donors (Lipinski definition) is 2. The molecule has 0 amide bonds. The Kier molecular flexibility index (Phi) is 10.0. The molecular formula is C10H23O6P. The highest BCUT2D eigenvalue weighted by Gasteiger charge is 2.18. The summed E-state index contributed by atoms with van der Waals surface area (Å²) in [4.78, 5) is 17.2. The molecule has 0 radical (unpaired) electrons. The van der Waals surface area contributed by atoms with Crippen LogP contribution in [0.5, 0.6) is 0 Å². The van der Waals surface area contributed by atoms with Gasteiger partial charge in [0.25, 0.3) is 0 Å². The molecule has 0 aliphatic rings. The van der Waals surface area contributed by atoms with Crippen LogP contribution in [-0.2, 0) is 18.6 Å². The third-order valence-electron chi connectivity index (χ3n) is 2.07. The van der Waals surface area contributed by atoms with Gasteiger partial charge in [-0.25, -0.2) is 4.57 Å². The van der Waals surface area contributed by atoms with Gasteiger partial charge in [0.15, 0.2) is 0 Å². The Morgan fingerprint density at radius 2 is 1.94 bits per heavy atom. The van der Waals surface area contributed by atoms with Gasteiger partial charge in [-0.15, -0.1) is 0 Å². The molecule has 0 rings (SSSR count). The van der Waals surface area contributed by atoms with Crippen LogP contribution in [0, 0.1) is 0 Å². The zero-order valence-corrected chi connectivity index (χ0v) is 11.4. The van der Waals surface area contributed by atoms with E-state index >= 15 is 0 Å². The van der Waals surface area contributed by atoms with Crippen molar-refractivity contribution < 1.29 is 28.3 Å². The van der Waals surface area contributed by atoms with E-state index in [4.69, 9.17) is 19.3 Å². The lowest BCUT2D eigenvalue weighted by Crippen LogP contribution is -2.22. The van der Waals surface area contributed by atoms with Crippen molar-refractivity contribution in [1.29, 1.82) is 0 Å². The summed E-state index contributed by atoms with van der Waals surface area (Å²) < 4.78 is 25.7. The largest absolute Gasteiger partial charge is 0.469 e. The van der Waals surface area contributed by atoms with Crippen LogP contribution in [0.15, 0.2) is 0 Å². The van der Waals surface area contributed by atoms with E-state index in [9.17, 15) is 4.57 Å². The summed E-state index contributed by atoms with van der Waals surface area (Å²) >= 11 is 0. The van der Waals surface area contributed by atoms with Gasteiger partial charge in [-0.3, -0.25) is 4.52 Å². The zero-order chi connectivity index (χ0) is 13.1. The second kappa shape index (κ2) is 10.00. The average Bonchev–Trinajstić information content (AvgIpc) is 2.24. The fraction of sp³-hybridized carbons (Fsp3) is 1.00. The third-order valence-corrected chi connectivity index (χ3v) is 2.55. The van der Waals surface area contributed by atoms with E-state index in [1.807, 2.05) is 13.8 Å². The summed E-state index contributed by atoms with van der Waals surface area (Å²) in [6, 6.07) is 0. The Morgan fingerprint density at radius 3 is 2.47 bits per heavy atom. The molecule has 0 fully saturated rings. The van der Waals surface area contributed by atoms with Gasteiger partial charge in [-0.2, -0.15) is 0 Å². The Hall–Kier alpha value is 0.0300. The normalized spacial score (nSPS) is 13.9. The highest BCUT2D eigenvalue weighted by atomic mass is 31.2. The lowest BCUT2D eigenvalue weighted by molar-refractivity contribution is -0.00986. The SMILES string of the molecule is CCCCOC(CCOCC)COP(=O)(O)O. The van der Waals surface area contributed by atoms with Crippen molar-refractivity contribution in [1.82, 2.24) is 0 Å². The Morgan fingerprint density at radius 1 is 1.24 bits per heavy atom. The summed E-state index contributed by atoms with van der Waals surface area (Å²) in [5, 5.41) is 0. The molecule has 0 aliphatic heterocycles. The summed E-state index contributed by atoms with van der Waals surface area (Å²) in [6.45, 7) is 5.50. The van der Waals surface area contributed by atoms with Crippen LogP contribution in [0.3, 0.4) is 0 Å². The molecular weight excluding hydrogens is 247 g/mol. The van der Waals surface area contributed by atoms with Crippen molar-refractivity contribution in [2.24, 2.45) is 0 Å². The van der Waals surface area contributed by atoms with Gasteiger partial charge in [-0.1, -0.05) is 13.3 Å². The van der Waals surface area contributed by atoms with E-state index in [2.05, 4.69) is 4.52 Å². The first-order valence-corrected chi connectivity index (χ1v) is 7.42. The molecule has 0 heterocycles. The van der Waals surface area contributed by atoms with Gasteiger partial charge < -0.3 is 19.3 Å². The first-order chi connectivity index (χ1) is 7.99. The lowest BCUT2D eigenvalue weighted by Gasteiger charge is -2.18. The Labute approximate surface area is 103 Å². The second-order valence-electron chi connectivity index (χ2n) is 3.62. The number of ether oxygens (including phenoxy) is 2. The third kappa shape index (κ3) is 12.3. The quantitative estimate of drug-likeness (QED) is 0.439. The highest BCUT2D eigenvalue weighted by Crippen LogP contribution is 2.36. The molecule has 0 aromatic carbocycles. The first-order valence-electron chi connectivity index (χ1n) is 5.89. The summed E-state index contributed by atoms with van der Waals surface area (Å²) in [7, 11) is -4.42. The molecule has 0 saturated carbocycles. The highest BCUT2D eigenvalue weighted by molar-refractivity contribution is 7.46. The minimum absolute atomic E-state index is 0.110. The molecule has 0 spiro atoms. The van der Waals surface area contributed by atoms with E-state index in [1.54, 1.807) is 0 Å². The fourth-order valence-electron chi connectivity index (χ4n) is 1.15. The molecule has 1 unspecified atom stereocenters. The number of unbranched alkanes of at least 4 members (excludes halogenated alkanes) is 1. The van der Waals surface area contributed by atoms with Crippen LogP contribution in [0.4, 0.5) is 0 Å². The van der Waals surface area contributed by atoms with Gasteiger partial charge in [0.2, 0.25) is 0 Å². The van der Waals surface area contributed by atoms with Gasteiger partial charge in [0.05, 0.1) is 12.7 Å². The van der Waals surface area contributed by atoms with Gasteiger partial charge in [-0.05, 0) is 19.8 Å². The fourth-order valence-corrected chi connectivity index (χ4v) is 1.51. The lowest BCUT2D eigenvalue weighted by atomic mass is 10.3. The van der Waals surface area contributed by atoms with Crippen molar-refractivity contribution in [3.05, 3.63) is 0 Å². The van der Waals surface area contributed by atoms with E-state index in [-0.39, 0.29) is 12.7 Å². The molecule has 0 aromatic heterocycles. The van der Waals surface area contributed by atoms with E-state index < -0.39 is 7.82 Å². The molecule has 0 aromatic rings. The van der Waals surface area contributed by atoms with E-state index in [0.29, 0.717) is 26.2 Å². The molecule has 0 bridgehead atoms. The number of phosphoric acid groups is 1. The minimum Gasteiger partial charge on any atom is -0.382 e. The monoisotopic (exact) mass is 270 g/mol. The average molecular weight is 270 g/mol. The number of phosphoric ester groups is 1. The zero-order valence-electron chi connectivity index (χ0n) is 10.5. The summed E-state index contributed by atoms with van der Waals surface area (Å²) in [5.74, 6) is 0. The number of rotatable bonds is 11. The predicted molar refractivity (Wildman–Crippen MR) is 63.8 cm³/mol. The maximum absolute atomic E-state index is 10.6. The van der Waals surface area contributed by atoms with Crippen LogP contribution in [-0.4, -0.2) is 42.3 Å². The van der Waals surface area contributed by atoms with Crippen molar-refractivity contribution in [2.75, 3.05) is 26.4 Å². The van der Waals surface area contributed by atoms with E-state index in [1.165, 1.54) is 0 Å². The predicted octanol–water partition coefficient (Wildman–Crippen LogP) is 1.71. The van der Waals surface area contributed by atoms with Crippen LogP contribution in [0.25, 0.3) is 0 Å². The maximum Gasteiger partial charge on any atom is 0.469 e.